The van der Waals surface area contributed by atoms with E-state index >= 15 is 0 Å². The lowest BCUT2D eigenvalue weighted by Gasteiger charge is -2.27. The van der Waals surface area contributed by atoms with Gasteiger partial charge in [-0.1, -0.05) is 25.4 Å². The SMILES string of the molecule is CC(C)C[C@H](NC(=O)OCC(C)(C)Oc1ccc(Cl)cc1)C(=O)N[C@H](C=O)C[C@@H]1CCNC1=O. The molecule has 0 unspecified atom stereocenters. The normalized spacial score (nSPS) is 17.5. The summed E-state index contributed by atoms with van der Waals surface area (Å²) in [5.41, 5.74) is -0.828. The molecular formula is C24H34ClN3O6. The summed E-state index contributed by atoms with van der Waals surface area (Å²) < 4.78 is 11.2. The summed E-state index contributed by atoms with van der Waals surface area (Å²) in [5.74, 6) is -0.273. The van der Waals surface area contributed by atoms with Gasteiger partial charge < -0.3 is 30.2 Å². The summed E-state index contributed by atoms with van der Waals surface area (Å²) in [6.07, 6.45) is 1.03. The van der Waals surface area contributed by atoms with Gasteiger partial charge in [0.2, 0.25) is 11.8 Å². The number of aldehydes is 1. The van der Waals surface area contributed by atoms with Gasteiger partial charge in [-0.2, -0.15) is 0 Å². The molecule has 0 spiro atoms. The Hall–Kier alpha value is -2.81. The van der Waals surface area contributed by atoms with Crippen molar-refractivity contribution in [2.45, 2.75) is 64.6 Å². The van der Waals surface area contributed by atoms with Crippen LogP contribution >= 0.6 is 11.6 Å². The first-order valence-corrected chi connectivity index (χ1v) is 11.8. The minimum Gasteiger partial charge on any atom is -0.484 e. The Morgan fingerprint density at radius 1 is 1.24 bits per heavy atom. The van der Waals surface area contributed by atoms with E-state index in [0.29, 0.717) is 36.4 Å². The Morgan fingerprint density at radius 3 is 2.47 bits per heavy atom. The third kappa shape index (κ3) is 9.21. The minimum absolute atomic E-state index is 0.0643. The lowest BCUT2D eigenvalue weighted by atomic mass is 9.98. The first-order chi connectivity index (χ1) is 16.0. The van der Waals surface area contributed by atoms with Crippen LogP contribution in [-0.2, 0) is 19.1 Å². The van der Waals surface area contributed by atoms with E-state index < -0.39 is 29.7 Å². The zero-order valence-electron chi connectivity index (χ0n) is 20.1. The van der Waals surface area contributed by atoms with E-state index in [1.165, 1.54) is 0 Å². The van der Waals surface area contributed by atoms with Crippen LogP contribution in [0.4, 0.5) is 4.79 Å². The quantitative estimate of drug-likeness (QED) is 0.383. The van der Waals surface area contributed by atoms with Gasteiger partial charge >= 0.3 is 6.09 Å². The molecule has 1 aliphatic rings. The maximum atomic E-state index is 12.8. The van der Waals surface area contributed by atoms with E-state index in [9.17, 15) is 19.2 Å². The molecule has 188 valence electrons. The number of benzene rings is 1. The number of carbonyl (C=O) groups excluding carboxylic acids is 4. The lowest BCUT2D eigenvalue weighted by molar-refractivity contribution is -0.127. The molecular weight excluding hydrogens is 462 g/mol. The lowest BCUT2D eigenvalue weighted by Crippen LogP contribution is -2.51. The second-order valence-electron chi connectivity index (χ2n) is 9.48. The fourth-order valence-electron chi connectivity index (χ4n) is 3.59. The van der Waals surface area contributed by atoms with Crippen molar-refractivity contribution >= 4 is 35.8 Å². The maximum absolute atomic E-state index is 12.8. The first-order valence-electron chi connectivity index (χ1n) is 11.4. The van der Waals surface area contributed by atoms with Gasteiger partial charge in [0.25, 0.3) is 0 Å². The van der Waals surface area contributed by atoms with Gasteiger partial charge in [-0.3, -0.25) is 9.59 Å². The van der Waals surface area contributed by atoms with Crippen LogP contribution in [-0.4, -0.2) is 55.0 Å². The molecule has 10 heteroatoms. The van der Waals surface area contributed by atoms with Crippen molar-refractivity contribution < 1.29 is 28.7 Å². The first kappa shape index (κ1) is 27.4. The fraction of sp³-hybridized carbons (Fsp3) is 0.583. The third-order valence-corrected chi connectivity index (χ3v) is 5.52. The predicted molar refractivity (Wildman–Crippen MR) is 128 cm³/mol. The molecule has 0 aromatic heterocycles. The summed E-state index contributed by atoms with van der Waals surface area (Å²) in [4.78, 5) is 48.6. The number of nitrogens with one attached hydrogen (secondary N) is 3. The topological polar surface area (TPSA) is 123 Å². The van der Waals surface area contributed by atoms with Crippen LogP contribution in [0.25, 0.3) is 0 Å². The Labute approximate surface area is 205 Å². The number of amides is 3. The van der Waals surface area contributed by atoms with E-state index in [1.54, 1.807) is 38.1 Å². The van der Waals surface area contributed by atoms with Crippen LogP contribution in [0.1, 0.15) is 47.0 Å². The average molecular weight is 496 g/mol. The predicted octanol–water partition coefficient (Wildman–Crippen LogP) is 2.85. The largest absolute Gasteiger partial charge is 0.484 e. The molecule has 3 atom stereocenters. The Kier molecular flexibility index (Phi) is 10.2. The third-order valence-electron chi connectivity index (χ3n) is 5.27. The molecule has 1 heterocycles. The highest BCUT2D eigenvalue weighted by Gasteiger charge is 2.30. The Bertz CT molecular complexity index is 859. The van der Waals surface area contributed by atoms with E-state index in [0.717, 1.165) is 0 Å². The molecule has 3 amide bonds. The number of hydrogen-bond acceptors (Lipinski definition) is 6. The van der Waals surface area contributed by atoms with Crippen LogP contribution < -0.4 is 20.7 Å². The van der Waals surface area contributed by atoms with Crippen molar-refractivity contribution in [2.24, 2.45) is 11.8 Å². The number of halogens is 1. The van der Waals surface area contributed by atoms with Crippen molar-refractivity contribution in [3.63, 3.8) is 0 Å². The van der Waals surface area contributed by atoms with Crippen molar-refractivity contribution in [1.29, 1.82) is 0 Å². The number of rotatable bonds is 12. The molecule has 3 N–H and O–H groups in total. The fourth-order valence-corrected chi connectivity index (χ4v) is 3.71. The van der Waals surface area contributed by atoms with E-state index in [1.807, 2.05) is 13.8 Å². The second kappa shape index (κ2) is 12.6. The standard InChI is InChI=1S/C24H34ClN3O6/c1-15(2)11-20(22(31)27-18(13-29)12-16-9-10-26-21(16)30)28-23(32)33-14-24(3,4)34-19-7-5-17(25)6-8-19/h5-8,13,15-16,18,20H,9-12,14H2,1-4H3,(H,26,30)(H,27,31)(H,28,32)/t16-,18-,20-/m0/s1. The highest BCUT2D eigenvalue weighted by Crippen LogP contribution is 2.21. The molecule has 2 rings (SSSR count). The van der Waals surface area contributed by atoms with Gasteiger partial charge in [-0.05, 0) is 63.3 Å². The molecule has 9 nitrogen and oxygen atoms in total. The summed E-state index contributed by atoms with van der Waals surface area (Å²) in [6, 6.07) is 5.11. The van der Waals surface area contributed by atoms with Gasteiger partial charge in [-0.25, -0.2) is 4.79 Å². The molecule has 1 fully saturated rings. The Balaban J connectivity index is 1.91. The molecule has 1 aromatic carbocycles. The highest BCUT2D eigenvalue weighted by molar-refractivity contribution is 6.30. The van der Waals surface area contributed by atoms with Crippen LogP contribution in [0.2, 0.25) is 5.02 Å². The van der Waals surface area contributed by atoms with Crippen LogP contribution in [0, 0.1) is 11.8 Å². The molecule has 0 saturated carbocycles. The van der Waals surface area contributed by atoms with Crippen LogP contribution in [0.3, 0.4) is 0 Å². The number of ether oxygens (including phenoxy) is 2. The minimum atomic E-state index is -0.896. The van der Waals surface area contributed by atoms with Crippen molar-refractivity contribution in [3.8, 4) is 5.75 Å². The monoisotopic (exact) mass is 495 g/mol. The highest BCUT2D eigenvalue weighted by atomic mass is 35.5. The summed E-state index contributed by atoms with van der Waals surface area (Å²) >= 11 is 5.88. The smallest absolute Gasteiger partial charge is 0.407 e. The van der Waals surface area contributed by atoms with Gasteiger partial charge in [0.15, 0.2) is 0 Å². The molecule has 0 bridgehead atoms. The average Bonchev–Trinajstić information content (AvgIpc) is 3.17. The summed E-state index contributed by atoms with van der Waals surface area (Å²) in [5, 5.41) is 8.52. The number of alkyl carbamates (subject to hydrolysis) is 1. The molecule has 1 aromatic rings. The Morgan fingerprint density at radius 2 is 1.91 bits per heavy atom. The summed E-state index contributed by atoms with van der Waals surface area (Å²) in [6.45, 7) is 7.85. The molecule has 34 heavy (non-hydrogen) atoms. The molecule has 0 aliphatic carbocycles. The van der Waals surface area contributed by atoms with E-state index in [4.69, 9.17) is 21.1 Å². The summed E-state index contributed by atoms with van der Waals surface area (Å²) in [7, 11) is 0. The van der Waals surface area contributed by atoms with Gasteiger partial charge in [-0.15, -0.1) is 0 Å². The number of carbonyl (C=O) groups is 4. The zero-order valence-corrected chi connectivity index (χ0v) is 20.8. The van der Waals surface area contributed by atoms with Gasteiger partial charge in [0.1, 0.15) is 30.3 Å². The van der Waals surface area contributed by atoms with Gasteiger partial charge in [0, 0.05) is 17.5 Å². The van der Waals surface area contributed by atoms with Crippen LogP contribution in [0.5, 0.6) is 5.75 Å². The number of hydrogen-bond donors (Lipinski definition) is 3. The second-order valence-corrected chi connectivity index (χ2v) is 9.92. The van der Waals surface area contributed by atoms with Crippen molar-refractivity contribution in [1.82, 2.24) is 16.0 Å². The van der Waals surface area contributed by atoms with Crippen LogP contribution in [0.15, 0.2) is 24.3 Å². The van der Waals surface area contributed by atoms with Gasteiger partial charge in [0.05, 0.1) is 6.04 Å². The van der Waals surface area contributed by atoms with E-state index in [-0.39, 0.29) is 30.8 Å². The molecule has 1 aliphatic heterocycles. The molecule has 1 saturated heterocycles. The van der Waals surface area contributed by atoms with Crippen molar-refractivity contribution in [2.75, 3.05) is 13.2 Å². The van der Waals surface area contributed by atoms with Crippen molar-refractivity contribution in [3.05, 3.63) is 29.3 Å². The zero-order chi connectivity index (χ0) is 25.3. The van der Waals surface area contributed by atoms with E-state index in [2.05, 4.69) is 16.0 Å². The maximum Gasteiger partial charge on any atom is 0.407 e. The molecule has 0 radical (unpaired) electrons.